The summed E-state index contributed by atoms with van der Waals surface area (Å²) in [6.45, 7) is 3.44. The average Bonchev–Trinajstić information content (AvgIpc) is 2.57. The van der Waals surface area contributed by atoms with Crippen LogP contribution in [0.1, 0.15) is 59.3 Å². The van der Waals surface area contributed by atoms with Crippen LogP contribution in [0, 0.1) is 5.92 Å². The van der Waals surface area contributed by atoms with Crippen molar-refractivity contribution in [1.82, 2.24) is 5.32 Å². The van der Waals surface area contributed by atoms with E-state index in [1.807, 2.05) is 0 Å². The van der Waals surface area contributed by atoms with Crippen LogP contribution >= 0.6 is 0 Å². The third-order valence-electron chi connectivity index (χ3n) is 4.60. The van der Waals surface area contributed by atoms with Crippen molar-refractivity contribution in [2.45, 2.75) is 77.4 Å². The molecule has 1 saturated heterocycles. The predicted molar refractivity (Wildman–Crippen MR) is 90.9 cm³/mol. The van der Waals surface area contributed by atoms with Crippen molar-refractivity contribution in [2.24, 2.45) is 5.92 Å². The monoisotopic (exact) mass is 385 g/mol. The first-order chi connectivity index (χ1) is 12.7. The highest BCUT2D eigenvalue weighted by atomic mass is 16.7. The predicted octanol–water partition coefficient (Wildman–Crippen LogP) is 1.18. The van der Waals surface area contributed by atoms with Crippen molar-refractivity contribution in [3.63, 3.8) is 0 Å². The van der Waals surface area contributed by atoms with E-state index in [1.54, 1.807) is 0 Å². The molecule has 3 atom stereocenters. The van der Waals surface area contributed by atoms with Gasteiger partial charge in [0, 0.05) is 26.7 Å². The summed E-state index contributed by atoms with van der Waals surface area (Å²) in [6.07, 6.45) is 2.56. The molecule has 0 aromatic rings. The van der Waals surface area contributed by atoms with Crippen molar-refractivity contribution >= 4 is 23.8 Å². The van der Waals surface area contributed by atoms with Crippen LogP contribution in [0.5, 0.6) is 0 Å². The Hall–Kier alpha value is -2.16. The van der Waals surface area contributed by atoms with E-state index in [2.05, 4.69) is 5.32 Å². The molecule has 9 heteroatoms. The van der Waals surface area contributed by atoms with Gasteiger partial charge in [-0.1, -0.05) is 19.3 Å². The molecule has 2 aliphatic rings. The molecular weight excluding hydrogens is 358 g/mol. The summed E-state index contributed by atoms with van der Waals surface area (Å²) < 4.78 is 21.3. The van der Waals surface area contributed by atoms with Gasteiger partial charge >= 0.3 is 23.8 Å². The van der Waals surface area contributed by atoms with Gasteiger partial charge in [0.05, 0.1) is 13.0 Å². The fourth-order valence-corrected chi connectivity index (χ4v) is 3.50. The zero-order chi connectivity index (χ0) is 20.0. The first-order valence-corrected chi connectivity index (χ1v) is 9.21. The molecule has 1 saturated carbocycles. The average molecular weight is 385 g/mol. The van der Waals surface area contributed by atoms with Gasteiger partial charge in [-0.15, -0.1) is 0 Å². The number of hydrogen-bond acceptors (Lipinski definition) is 8. The van der Waals surface area contributed by atoms with Crippen LogP contribution in [0.25, 0.3) is 0 Å². The largest absolute Gasteiger partial charge is 0.458 e. The van der Waals surface area contributed by atoms with E-state index in [0.29, 0.717) is 0 Å². The van der Waals surface area contributed by atoms with Crippen LogP contribution < -0.4 is 5.32 Å². The number of rotatable bonds is 5. The van der Waals surface area contributed by atoms with Crippen molar-refractivity contribution in [1.29, 1.82) is 0 Å². The van der Waals surface area contributed by atoms with Gasteiger partial charge in [0.25, 0.3) is 0 Å². The fourth-order valence-electron chi connectivity index (χ4n) is 3.50. The zero-order valence-electron chi connectivity index (χ0n) is 15.9. The summed E-state index contributed by atoms with van der Waals surface area (Å²) in [4.78, 5) is 47.0. The Balaban J connectivity index is 2.17. The second kappa shape index (κ2) is 9.16. The topological polar surface area (TPSA) is 117 Å². The summed E-state index contributed by atoms with van der Waals surface area (Å²) in [6, 6.07) is 0. The van der Waals surface area contributed by atoms with Gasteiger partial charge in [-0.3, -0.25) is 24.5 Å². The first-order valence-electron chi connectivity index (χ1n) is 9.21. The molecule has 2 rings (SSSR count). The van der Waals surface area contributed by atoms with E-state index in [9.17, 15) is 19.2 Å². The Labute approximate surface area is 158 Å². The van der Waals surface area contributed by atoms with Crippen LogP contribution in [-0.4, -0.2) is 48.5 Å². The zero-order valence-corrected chi connectivity index (χ0v) is 15.9. The van der Waals surface area contributed by atoms with E-state index in [0.717, 1.165) is 32.1 Å². The van der Waals surface area contributed by atoms with Gasteiger partial charge in [0.1, 0.15) is 6.10 Å². The first kappa shape index (κ1) is 21.1. The van der Waals surface area contributed by atoms with Crippen LogP contribution in [0.3, 0.4) is 0 Å². The van der Waals surface area contributed by atoms with E-state index in [1.165, 1.54) is 20.8 Å². The maximum atomic E-state index is 12.7. The molecule has 0 bridgehead atoms. The molecule has 1 heterocycles. The van der Waals surface area contributed by atoms with Gasteiger partial charge in [0.2, 0.25) is 5.91 Å². The Morgan fingerprint density at radius 1 is 0.889 bits per heavy atom. The standard InChI is InChI=1S/C18H27NO8/c1-11(20)25-15-9-18(27-13(3)22,24-10-16(15)26-12(2)21)19-17(23)14-7-5-4-6-8-14/h14-16H,4-10H2,1-3H3,(H,19,23). The van der Waals surface area contributed by atoms with Gasteiger partial charge in [-0.05, 0) is 12.8 Å². The molecule has 0 aromatic heterocycles. The number of ether oxygens (including phenoxy) is 4. The minimum Gasteiger partial charge on any atom is -0.458 e. The van der Waals surface area contributed by atoms with Crippen LogP contribution in [0.2, 0.25) is 0 Å². The summed E-state index contributed by atoms with van der Waals surface area (Å²) in [5, 5.41) is 2.67. The summed E-state index contributed by atoms with van der Waals surface area (Å²) in [5.41, 5.74) is 0. The number of carbonyl (C=O) groups excluding carboxylic acids is 4. The lowest BCUT2D eigenvalue weighted by molar-refractivity contribution is -0.293. The molecule has 2 fully saturated rings. The summed E-state index contributed by atoms with van der Waals surface area (Å²) >= 11 is 0. The molecule has 0 spiro atoms. The van der Waals surface area contributed by atoms with E-state index < -0.39 is 36.0 Å². The molecule has 9 nitrogen and oxygen atoms in total. The number of esters is 3. The molecule has 3 unspecified atom stereocenters. The maximum Gasteiger partial charge on any atom is 0.306 e. The lowest BCUT2D eigenvalue weighted by atomic mass is 9.88. The highest BCUT2D eigenvalue weighted by Crippen LogP contribution is 2.31. The Kier molecular flexibility index (Phi) is 7.18. The van der Waals surface area contributed by atoms with E-state index >= 15 is 0 Å². The smallest absolute Gasteiger partial charge is 0.306 e. The summed E-state index contributed by atoms with van der Waals surface area (Å²) in [5.74, 6) is -4.04. The Morgan fingerprint density at radius 3 is 2.04 bits per heavy atom. The molecular formula is C18H27NO8. The molecule has 152 valence electrons. The normalized spacial score (nSPS) is 28.7. The number of nitrogens with one attached hydrogen (secondary N) is 1. The SMILES string of the molecule is CC(=O)OC1COC(NC(=O)C2CCCCC2)(OC(C)=O)CC1OC(C)=O. The van der Waals surface area contributed by atoms with Crippen molar-refractivity contribution < 1.29 is 38.1 Å². The van der Waals surface area contributed by atoms with Gasteiger partial charge in [-0.25, -0.2) is 0 Å². The third kappa shape index (κ3) is 6.20. The minimum atomic E-state index is -1.77. The second-order valence-electron chi connectivity index (χ2n) is 6.98. The molecule has 0 aromatic carbocycles. The van der Waals surface area contributed by atoms with E-state index in [-0.39, 0.29) is 24.9 Å². The second-order valence-corrected chi connectivity index (χ2v) is 6.98. The van der Waals surface area contributed by atoms with Gasteiger partial charge < -0.3 is 18.9 Å². The molecule has 1 amide bonds. The number of amides is 1. The van der Waals surface area contributed by atoms with Crippen LogP contribution in [-0.2, 0) is 38.1 Å². The minimum absolute atomic E-state index is 0.178. The molecule has 0 radical (unpaired) electrons. The lowest BCUT2D eigenvalue weighted by Crippen LogP contribution is -2.62. The lowest BCUT2D eigenvalue weighted by Gasteiger charge is -2.42. The summed E-state index contributed by atoms with van der Waals surface area (Å²) in [7, 11) is 0. The maximum absolute atomic E-state index is 12.7. The van der Waals surface area contributed by atoms with Crippen molar-refractivity contribution in [3.8, 4) is 0 Å². The molecule has 27 heavy (non-hydrogen) atoms. The Bertz CT molecular complexity index is 586. The van der Waals surface area contributed by atoms with Crippen LogP contribution in [0.4, 0.5) is 0 Å². The van der Waals surface area contributed by atoms with Gasteiger partial charge in [-0.2, -0.15) is 0 Å². The number of carbonyl (C=O) groups is 4. The highest BCUT2D eigenvalue weighted by Gasteiger charge is 2.49. The third-order valence-corrected chi connectivity index (χ3v) is 4.60. The Morgan fingerprint density at radius 2 is 1.48 bits per heavy atom. The van der Waals surface area contributed by atoms with Crippen molar-refractivity contribution in [2.75, 3.05) is 6.61 Å². The van der Waals surface area contributed by atoms with Crippen LogP contribution in [0.15, 0.2) is 0 Å². The quantitative estimate of drug-likeness (QED) is 0.426. The number of hydrogen-bond donors (Lipinski definition) is 1. The van der Waals surface area contributed by atoms with E-state index in [4.69, 9.17) is 18.9 Å². The highest BCUT2D eigenvalue weighted by molar-refractivity contribution is 5.79. The fraction of sp³-hybridized carbons (Fsp3) is 0.778. The molecule has 1 aliphatic carbocycles. The van der Waals surface area contributed by atoms with Gasteiger partial charge in [0.15, 0.2) is 6.10 Å². The molecule has 1 N–H and O–H groups in total. The molecule has 1 aliphatic heterocycles. The van der Waals surface area contributed by atoms with Crippen molar-refractivity contribution in [3.05, 3.63) is 0 Å².